The number of aliphatic hydroxyl groups excluding tert-OH is 1. The van der Waals surface area contributed by atoms with Crippen LogP contribution in [0.15, 0.2) is 0 Å². The molecule has 0 heterocycles. The predicted octanol–water partition coefficient (Wildman–Crippen LogP) is -0.270. The summed E-state index contributed by atoms with van der Waals surface area (Å²) in [5, 5.41) is 19.9. The molecule has 11 heavy (non-hydrogen) atoms. The van der Waals surface area contributed by atoms with Crippen molar-refractivity contribution in [1.29, 1.82) is 0 Å². The molecular formula is C6H13NO3S. The molecule has 0 aliphatic rings. The van der Waals surface area contributed by atoms with E-state index in [1.807, 2.05) is 0 Å². The first-order valence-electron chi connectivity index (χ1n) is 3.21. The van der Waals surface area contributed by atoms with Crippen molar-refractivity contribution in [1.82, 2.24) is 5.32 Å². The van der Waals surface area contributed by atoms with Crippen molar-refractivity contribution in [2.75, 3.05) is 13.3 Å². The van der Waals surface area contributed by atoms with Crippen LogP contribution < -0.4 is 5.32 Å². The number of hydrogen-bond donors (Lipinski definition) is 3. The fourth-order valence-corrected chi connectivity index (χ4v) is 1.38. The second kappa shape index (κ2) is 5.40. The molecule has 0 aromatic heterocycles. The topological polar surface area (TPSA) is 69.6 Å². The summed E-state index contributed by atoms with van der Waals surface area (Å²) in [7, 11) is 1.59. The van der Waals surface area contributed by atoms with Crippen LogP contribution in [0.3, 0.4) is 0 Å². The van der Waals surface area contributed by atoms with Crippen molar-refractivity contribution in [3.63, 3.8) is 0 Å². The van der Waals surface area contributed by atoms with Gasteiger partial charge in [-0.25, -0.2) is 0 Å². The molecule has 1 unspecified atom stereocenters. The Morgan fingerprint density at radius 3 is 2.55 bits per heavy atom. The zero-order chi connectivity index (χ0) is 8.85. The van der Waals surface area contributed by atoms with Crippen molar-refractivity contribution in [3.8, 4) is 0 Å². The SMILES string of the molecule is CNC(O)[C@@H](CC(=O)O)SC. The number of hydrogen-bond acceptors (Lipinski definition) is 4. The molecule has 0 aromatic rings. The molecule has 2 atom stereocenters. The van der Waals surface area contributed by atoms with Gasteiger partial charge in [-0.1, -0.05) is 0 Å². The predicted molar refractivity (Wildman–Crippen MR) is 44.6 cm³/mol. The molecule has 0 aliphatic carbocycles. The second-order valence-electron chi connectivity index (χ2n) is 2.11. The Kier molecular flexibility index (Phi) is 5.27. The van der Waals surface area contributed by atoms with E-state index in [0.717, 1.165) is 0 Å². The number of carbonyl (C=O) groups is 1. The lowest BCUT2D eigenvalue weighted by atomic mass is 10.3. The zero-order valence-corrected chi connectivity index (χ0v) is 7.39. The van der Waals surface area contributed by atoms with Gasteiger partial charge in [0.25, 0.3) is 0 Å². The number of aliphatic carboxylic acids is 1. The van der Waals surface area contributed by atoms with E-state index in [9.17, 15) is 9.90 Å². The molecule has 0 radical (unpaired) electrons. The summed E-state index contributed by atoms with van der Waals surface area (Å²) in [6.07, 6.45) is 0.998. The average molecular weight is 179 g/mol. The first-order chi connectivity index (χ1) is 5.11. The molecule has 0 bridgehead atoms. The van der Waals surface area contributed by atoms with Gasteiger partial charge >= 0.3 is 5.97 Å². The van der Waals surface area contributed by atoms with Crippen LogP contribution in [-0.2, 0) is 4.79 Å². The Morgan fingerprint density at radius 2 is 2.27 bits per heavy atom. The number of aliphatic hydroxyl groups is 1. The third-order valence-corrected chi connectivity index (χ3v) is 2.36. The van der Waals surface area contributed by atoms with E-state index in [-0.39, 0.29) is 11.7 Å². The third kappa shape index (κ3) is 4.23. The summed E-state index contributed by atoms with van der Waals surface area (Å²) in [6.45, 7) is 0. The van der Waals surface area contributed by atoms with Crippen LogP contribution in [0.5, 0.6) is 0 Å². The maximum absolute atomic E-state index is 10.2. The zero-order valence-electron chi connectivity index (χ0n) is 6.57. The fourth-order valence-electron chi connectivity index (χ4n) is 0.682. The number of thioether (sulfide) groups is 1. The Labute approximate surface area is 70.0 Å². The van der Waals surface area contributed by atoms with Crippen molar-refractivity contribution < 1.29 is 15.0 Å². The minimum Gasteiger partial charge on any atom is -0.481 e. The molecule has 0 saturated carbocycles. The van der Waals surface area contributed by atoms with E-state index in [0.29, 0.717) is 0 Å². The normalized spacial score (nSPS) is 15.9. The van der Waals surface area contributed by atoms with Gasteiger partial charge < -0.3 is 10.2 Å². The van der Waals surface area contributed by atoms with Gasteiger partial charge in [-0.05, 0) is 13.3 Å². The summed E-state index contributed by atoms with van der Waals surface area (Å²) in [5.74, 6) is -0.890. The Balaban J connectivity index is 3.84. The third-order valence-electron chi connectivity index (χ3n) is 1.33. The fraction of sp³-hybridized carbons (Fsp3) is 0.833. The van der Waals surface area contributed by atoms with E-state index in [1.165, 1.54) is 11.8 Å². The van der Waals surface area contributed by atoms with E-state index in [1.54, 1.807) is 13.3 Å². The maximum Gasteiger partial charge on any atom is 0.304 e. The van der Waals surface area contributed by atoms with Gasteiger partial charge in [-0.3, -0.25) is 10.1 Å². The van der Waals surface area contributed by atoms with Crippen molar-refractivity contribution in [2.24, 2.45) is 0 Å². The number of carboxylic acid groups (broad SMARTS) is 1. The van der Waals surface area contributed by atoms with Gasteiger partial charge in [0.1, 0.15) is 6.23 Å². The van der Waals surface area contributed by atoms with Gasteiger partial charge in [0, 0.05) is 0 Å². The highest BCUT2D eigenvalue weighted by Gasteiger charge is 2.18. The molecule has 4 nitrogen and oxygen atoms in total. The van der Waals surface area contributed by atoms with E-state index in [2.05, 4.69) is 5.32 Å². The Morgan fingerprint density at radius 1 is 1.73 bits per heavy atom. The maximum atomic E-state index is 10.2. The largest absolute Gasteiger partial charge is 0.481 e. The van der Waals surface area contributed by atoms with E-state index < -0.39 is 12.2 Å². The molecule has 0 aliphatic heterocycles. The molecule has 0 rings (SSSR count). The van der Waals surface area contributed by atoms with Gasteiger partial charge in [0.05, 0.1) is 11.7 Å². The molecule has 0 spiro atoms. The average Bonchev–Trinajstić information content (AvgIpc) is 1.98. The molecule has 0 fully saturated rings. The Bertz CT molecular complexity index is 131. The first kappa shape index (κ1) is 10.7. The van der Waals surface area contributed by atoms with E-state index in [4.69, 9.17) is 5.11 Å². The van der Waals surface area contributed by atoms with Crippen LogP contribution in [0.25, 0.3) is 0 Å². The highest BCUT2D eigenvalue weighted by molar-refractivity contribution is 7.99. The number of rotatable bonds is 5. The van der Waals surface area contributed by atoms with Crippen LogP contribution in [0, 0.1) is 0 Å². The van der Waals surface area contributed by atoms with Crippen LogP contribution >= 0.6 is 11.8 Å². The second-order valence-corrected chi connectivity index (χ2v) is 3.18. The van der Waals surface area contributed by atoms with Crippen molar-refractivity contribution >= 4 is 17.7 Å². The van der Waals surface area contributed by atoms with Gasteiger partial charge in [0.2, 0.25) is 0 Å². The Hall–Kier alpha value is -0.260. The number of nitrogens with one attached hydrogen (secondary N) is 1. The standard InChI is InChI=1S/C6H13NO3S/c1-7-6(10)4(11-2)3-5(8)9/h4,6-7,10H,3H2,1-2H3,(H,8,9)/t4-,6?/m1/s1. The monoisotopic (exact) mass is 179 g/mol. The smallest absolute Gasteiger partial charge is 0.304 e. The molecule has 3 N–H and O–H groups in total. The lowest BCUT2D eigenvalue weighted by Crippen LogP contribution is -2.36. The van der Waals surface area contributed by atoms with Crippen molar-refractivity contribution in [2.45, 2.75) is 17.9 Å². The number of carboxylic acids is 1. The van der Waals surface area contributed by atoms with Crippen LogP contribution in [0.1, 0.15) is 6.42 Å². The lowest BCUT2D eigenvalue weighted by Gasteiger charge is -2.17. The van der Waals surface area contributed by atoms with Crippen LogP contribution in [0.4, 0.5) is 0 Å². The minimum atomic E-state index is -0.890. The highest BCUT2D eigenvalue weighted by atomic mass is 32.2. The quantitative estimate of drug-likeness (QED) is 0.507. The first-order valence-corrected chi connectivity index (χ1v) is 4.50. The van der Waals surface area contributed by atoms with Crippen LogP contribution in [-0.4, -0.2) is 41.0 Å². The summed E-state index contributed by atoms with van der Waals surface area (Å²) < 4.78 is 0. The highest BCUT2D eigenvalue weighted by Crippen LogP contribution is 2.13. The van der Waals surface area contributed by atoms with Gasteiger partial charge in [-0.15, -0.1) is 0 Å². The summed E-state index contributed by atoms with van der Waals surface area (Å²) in [6, 6.07) is 0. The molecule has 5 heteroatoms. The molecule has 0 saturated heterocycles. The minimum absolute atomic E-state index is 0.0246. The van der Waals surface area contributed by atoms with Gasteiger partial charge in [0.15, 0.2) is 0 Å². The molecule has 66 valence electrons. The van der Waals surface area contributed by atoms with Crippen LogP contribution in [0.2, 0.25) is 0 Å². The summed E-state index contributed by atoms with van der Waals surface area (Å²) in [4.78, 5) is 10.2. The lowest BCUT2D eigenvalue weighted by molar-refractivity contribution is -0.137. The summed E-state index contributed by atoms with van der Waals surface area (Å²) >= 11 is 1.34. The molecule has 0 amide bonds. The van der Waals surface area contributed by atoms with Gasteiger partial charge in [-0.2, -0.15) is 11.8 Å². The van der Waals surface area contributed by atoms with E-state index >= 15 is 0 Å². The molecular weight excluding hydrogens is 166 g/mol. The molecule has 0 aromatic carbocycles. The van der Waals surface area contributed by atoms with Crippen molar-refractivity contribution in [3.05, 3.63) is 0 Å². The summed E-state index contributed by atoms with van der Waals surface area (Å²) in [5.41, 5.74) is 0.